The van der Waals surface area contributed by atoms with Gasteiger partial charge >= 0.3 is 338 Å². The zero-order valence-corrected chi connectivity index (χ0v) is 39.3. The number of hydrogen-bond acceptors (Lipinski definition) is 0. The van der Waals surface area contributed by atoms with Crippen LogP contribution in [0.25, 0.3) is 22.3 Å². The van der Waals surface area contributed by atoms with Crippen molar-refractivity contribution in [1.29, 1.82) is 0 Å². The number of halogens is 4. The van der Waals surface area contributed by atoms with Crippen molar-refractivity contribution in [3.63, 3.8) is 0 Å². The predicted octanol–water partition coefficient (Wildman–Crippen LogP) is 8.63. The van der Waals surface area contributed by atoms with Crippen molar-refractivity contribution in [1.82, 2.24) is 0 Å². The average molecular weight is 886 g/mol. The van der Waals surface area contributed by atoms with E-state index in [2.05, 4.69) is 166 Å². The Bertz CT molecular complexity index is 2220. The fourth-order valence-corrected chi connectivity index (χ4v) is 19.7. The summed E-state index contributed by atoms with van der Waals surface area (Å²) in [6.07, 6.45) is 12.6. The number of fused-ring (bicyclic) bond motifs is 5. The second-order valence-electron chi connectivity index (χ2n) is 18.2. The van der Waals surface area contributed by atoms with Crippen LogP contribution in [0.2, 0.25) is 10.0 Å². The first kappa shape index (κ1) is 42.4. The molecule has 4 aromatic rings. The van der Waals surface area contributed by atoms with Crippen LogP contribution < -0.4 is 24.8 Å². The maximum Gasteiger partial charge on any atom is -1.00 e. The van der Waals surface area contributed by atoms with E-state index in [1.54, 1.807) is 3.28 Å². The van der Waals surface area contributed by atoms with Gasteiger partial charge in [-0.1, -0.05) is 0 Å². The van der Waals surface area contributed by atoms with Gasteiger partial charge in [0.05, 0.1) is 0 Å². The van der Waals surface area contributed by atoms with Crippen molar-refractivity contribution in [2.24, 2.45) is 11.3 Å². The van der Waals surface area contributed by atoms with E-state index in [9.17, 15) is 0 Å². The van der Waals surface area contributed by atoms with E-state index in [4.69, 9.17) is 23.2 Å². The van der Waals surface area contributed by atoms with Crippen molar-refractivity contribution < 1.29 is 46.1 Å². The second-order valence-corrected chi connectivity index (χ2v) is 25.1. The van der Waals surface area contributed by atoms with Crippen LogP contribution in [0, 0.1) is 11.3 Å². The van der Waals surface area contributed by atoms with Crippen LogP contribution in [0.5, 0.6) is 0 Å². The Morgan fingerprint density at radius 3 is 1.51 bits per heavy atom. The Morgan fingerprint density at radius 2 is 1.11 bits per heavy atom. The molecule has 284 valence electrons. The van der Waals surface area contributed by atoms with E-state index in [1.807, 2.05) is 0 Å². The first-order chi connectivity index (χ1) is 25.0. The van der Waals surface area contributed by atoms with E-state index in [0.29, 0.717) is 9.54 Å². The SMILES string of the molecule is CCCC1C=C(C(C)(C)C)C=[C]1[Zr+2](=[C](c1ccc(Cl)cc1)c1ccc(Cl)cc1)[CH]1c2cc3c(cc2-c2cc4c(cc21)C(C)(C)C=C4C)C(C)=CC3(C)C.[Cl-].[Cl-]. The molecule has 5 heteroatoms. The second kappa shape index (κ2) is 15.2. The smallest absolute Gasteiger partial charge is 1.00 e. The van der Waals surface area contributed by atoms with Gasteiger partial charge in [0.2, 0.25) is 0 Å². The maximum absolute atomic E-state index is 6.63. The molecule has 0 radical (unpaired) electrons. The van der Waals surface area contributed by atoms with E-state index in [0.717, 1.165) is 22.9 Å². The number of hydrogen-bond donors (Lipinski definition) is 0. The van der Waals surface area contributed by atoms with Gasteiger partial charge in [-0.2, -0.15) is 0 Å². The van der Waals surface area contributed by atoms with Crippen LogP contribution >= 0.6 is 23.2 Å². The van der Waals surface area contributed by atoms with Crippen molar-refractivity contribution in [2.45, 2.75) is 96.5 Å². The van der Waals surface area contributed by atoms with Gasteiger partial charge in [-0.25, -0.2) is 0 Å². The molecule has 0 heterocycles. The molecule has 1 unspecified atom stereocenters. The van der Waals surface area contributed by atoms with Crippen molar-refractivity contribution in [2.75, 3.05) is 0 Å². The van der Waals surface area contributed by atoms with E-state index < -0.39 is 21.3 Å². The van der Waals surface area contributed by atoms with Crippen LogP contribution in [0.4, 0.5) is 0 Å². The Morgan fingerprint density at radius 1 is 0.673 bits per heavy atom. The zero-order valence-electron chi connectivity index (χ0n) is 33.8. The van der Waals surface area contributed by atoms with Crippen LogP contribution in [-0.4, -0.2) is 3.21 Å². The van der Waals surface area contributed by atoms with Gasteiger partial charge in [0.15, 0.2) is 0 Å². The van der Waals surface area contributed by atoms with Gasteiger partial charge < -0.3 is 24.8 Å². The van der Waals surface area contributed by atoms with Crippen molar-refractivity contribution >= 4 is 37.6 Å². The molecule has 0 aliphatic heterocycles. The first-order valence-corrected chi connectivity index (χ1v) is 24.1. The molecular formula is C50H52Cl4Zr. The van der Waals surface area contributed by atoms with Gasteiger partial charge in [-0.15, -0.1) is 0 Å². The normalized spacial score (nSPS) is 18.3. The average Bonchev–Trinajstić information content (AvgIpc) is 3.78. The summed E-state index contributed by atoms with van der Waals surface area (Å²) in [5.41, 5.74) is 18.6. The summed E-state index contributed by atoms with van der Waals surface area (Å²) in [6.45, 7) is 23.7. The van der Waals surface area contributed by atoms with E-state index in [1.165, 1.54) is 75.6 Å². The molecule has 0 saturated heterocycles. The first-order valence-electron chi connectivity index (χ1n) is 19.5. The summed E-state index contributed by atoms with van der Waals surface area (Å²) in [5.74, 6) is 0.426. The molecule has 0 nitrogen and oxygen atoms in total. The molecule has 0 spiro atoms. The monoisotopic (exact) mass is 882 g/mol. The summed E-state index contributed by atoms with van der Waals surface area (Å²) in [4.78, 5) is 0. The number of rotatable bonds is 6. The van der Waals surface area contributed by atoms with Crippen molar-refractivity contribution in [3.05, 3.63) is 161 Å². The largest absolute Gasteiger partial charge is 1.00 e. The van der Waals surface area contributed by atoms with Gasteiger partial charge in [-0.05, 0) is 0 Å². The van der Waals surface area contributed by atoms with Crippen LogP contribution in [0.3, 0.4) is 0 Å². The van der Waals surface area contributed by atoms with Crippen LogP contribution in [0.15, 0.2) is 106 Å². The minimum atomic E-state index is -3.11. The third kappa shape index (κ3) is 7.27. The zero-order chi connectivity index (χ0) is 37.8. The van der Waals surface area contributed by atoms with Crippen molar-refractivity contribution in [3.8, 4) is 11.1 Å². The Balaban J connectivity index is 0.00000257. The van der Waals surface area contributed by atoms with E-state index in [-0.39, 0.29) is 41.1 Å². The Hall–Kier alpha value is -2.25. The molecule has 8 rings (SSSR count). The third-order valence-electron chi connectivity index (χ3n) is 12.4. The van der Waals surface area contributed by atoms with Crippen LogP contribution in [-0.2, 0) is 32.1 Å². The molecule has 0 amide bonds. The molecule has 0 N–H and O–H groups in total. The van der Waals surface area contributed by atoms with E-state index >= 15 is 0 Å². The summed E-state index contributed by atoms with van der Waals surface area (Å²) in [6, 6.07) is 27.9. The third-order valence-corrected chi connectivity index (χ3v) is 21.4. The number of allylic oxidation sites excluding steroid dienone is 8. The summed E-state index contributed by atoms with van der Waals surface area (Å²) in [5, 5.41) is 1.54. The predicted molar refractivity (Wildman–Crippen MR) is 227 cm³/mol. The fraction of sp³-hybridized carbons (Fsp3) is 0.340. The van der Waals surface area contributed by atoms with Gasteiger partial charge in [-0.3, -0.25) is 0 Å². The number of benzene rings is 4. The standard InChI is InChI=1S/C25H25.C13H8Cl2.C12H19.2ClH.Zr/c1-14-12-24(3,4)22-8-16-7-17-9-23-19(15(2)13-25(23,5)6)11-21(17)20(16)10-18(14)22;14-12-5-1-10(2-6-12)9-11-3-7-13(15)8-4-11;1-5-6-10-7-8-11(9-10)12(2,3)4;;;/h7-13H,1-6H3;1-8H;8-10H,5-6H2,1-4H3;2*1H;/q;;;;;+2/p-2. The van der Waals surface area contributed by atoms with Gasteiger partial charge in [0.1, 0.15) is 0 Å². The molecule has 0 fully saturated rings. The molecule has 55 heavy (non-hydrogen) atoms. The molecule has 4 aliphatic rings. The molecule has 0 saturated carbocycles. The Labute approximate surface area is 360 Å². The Kier molecular flexibility index (Phi) is 11.7. The molecule has 4 aliphatic carbocycles. The molecular weight excluding hydrogens is 834 g/mol. The quantitative estimate of drug-likeness (QED) is 0.182. The van der Waals surface area contributed by atoms with Gasteiger partial charge in [0.25, 0.3) is 0 Å². The fourth-order valence-electron chi connectivity index (χ4n) is 9.86. The minimum absolute atomic E-state index is 0. The molecule has 0 aromatic heterocycles. The summed E-state index contributed by atoms with van der Waals surface area (Å²) in [7, 11) is 0. The summed E-state index contributed by atoms with van der Waals surface area (Å²) < 4.78 is 3.54. The molecule has 4 aromatic carbocycles. The summed E-state index contributed by atoms with van der Waals surface area (Å²) >= 11 is 10.2. The van der Waals surface area contributed by atoms with Gasteiger partial charge in [0, 0.05) is 0 Å². The topological polar surface area (TPSA) is 0 Å². The molecule has 0 bridgehead atoms. The van der Waals surface area contributed by atoms with Crippen LogP contribution in [0.1, 0.15) is 130 Å². The minimum Gasteiger partial charge on any atom is -1.00 e. The molecule has 1 atom stereocenters. The maximum atomic E-state index is 6.63.